The summed E-state index contributed by atoms with van der Waals surface area (Å²) in [5, 5.41) is 17.3. The zero-order valence-electron chi connectivity index (χ0n) is 16.7. The lowest BCUT2D eigenvalue weighted by molar-refractivity contribution is 0.610. The number of nitrogen functional groups attached to an aromatic ring is 1. The van der Waals surface area contributed by atoms with Crippen molar-refractivity contribution < 1.29 is 0 Å². The van der Waals surface area contributed by atoms with Gasteiger partial charge in [-0.3, -0.25) is 4.57 Å². The van der Waals surface area contributed by atoms with Crippen LogP contribution >= 0.6 is 11.6 Å². The molecule has 0 fully saturated rings. The Morgan fingerprint density at radius 3 is 2.62 bits per heavy atom. The Morgan fingerprint density at radius 1 is 1.03 bits per heavy atom. The fraction of sp³-hybridized carbons (Fsp3) is 0.0909. The molecule has 0 radical (unpaired) electrons. The summed E-state index contributed by atoms with van der Waals surface area (Å²) in [4.78, 5) is 15.2. The molecule has 0 aliphatic heterocycles. The molecule has 0 aliphatic rings. The molecule has 5 aromatic rings. The Balaban J connectivity index is 1.74. The fourth-order valence-corrected chi connectivity index (χ4v) is 3.60. The molecule has 0 aliphatic carbocycles. The number of alkyl halides is 1. The molecule has 2 N–H and O–H groups in total. The molecular formula is C22H16ClN9. The molecule has 0 atom stereocenters. The first-order chi connectivity index (χ1) is 15.7. The Hall–Kier alpha value is -4.29. The summed E-state index contributed by atoms with van der Waals surface area (Å²) in [6.07, 6.45) is 3.23. The third-order valence-electron chi connectivity index (χ3n) is 4.94. The molecular weight excluding hydrogens is 426 g/mol. The average molecular weight is 442 g/mol. The largest absolute Gasteiger partial charge is 0.383 e. The zero-order valence-corrected chi connectivity index (χ0v) is 17.5. The van der Waals surface area contributed by atoms with Crippen molar-refractivity contribution in [1.29, 1.82) is 5.26 Å². The van der Waals surface area contributed by atoms with E-state index in [4.69, 9.17) is 32.6 Å². The summed E-state index contributed by atoms with van der Waals surface area (Å²) in [5.74, 6) is 1.43. The second-order valence-electron chi connectivity index (χ2n) is 6.96. The maximum Gasteiger partial charge on any atom is 0.165 e. The molecule has 0 saturated heterocycles. The van der Waals surface area contributed by atoms with Crippen molar-refractivity contribution in [2.45, 2.75) is 12.4 Å². The van der Waals surface area contributed by atoms with Crippen LogP contribution in [0, 0.1) is 11.3 Å². The number of nitrogens with two attached hydrogens (primary N) is 1. The number of hydrogen-bond donors (Lipinski definition) is 1. The van der Waals surface area contributed by atoms with Crippen LogP contribution in [0.4, 0.5) is 5.82 Å². The van der Waals surface area contributed by atoms with E-state index in [0.29, 0.717) is 45.6 Å². The number of aromatic nitrogens is 7. The molecule has 0 amide bonds. The lowest BCUT2D eigenvalue weighted by atomic mass is 10.2. The van der Waals surface area contributed by atoms with Crippen LogP contribution < -0.4 is 5.73 Å². The summed E-state index contributed by atoms with van der Waals surface area (Å²) in [6.45, 7) is 0.0670. The highest BCUT2D eigenvalue weighted by molar-refractivity contribution is 6.17. The van der Waals surface area contributed by atoms with Crippen LogP contribution in [0.1, 0.15) is 5.56 Å². The molecule has 9 nitrogen and oxygen atoms in total. The van der Waals surface area contributed by atoms with Gasteiger partial charge in [-0.1, -0.05) is 12.1 Å². The van der Waals surface area contributed by atoms with Crippen LogP contribution in [-0.2, 0) is 12.4 Å². The molecule has 32 heavy (non-hydrogen) atoms. The van der Waals surface area contributed by atoms with Gasteiger partial charge in [-0.05, 0) is 42.0 Å². The average Bonchev–Trinajstić information content (AvgIpc) is 3.44. The van der Waals surface area contributed by atoms with E-state index in [1.54, 1.807) is 12.4 Å². The molecule has 5 rings (SSSR count). The van der Waals surface area contributed by atoms with E-state index >= 15 is 0 Å². The normalized spacial score (nSPS) is 11.0. The maximum absolute atomic E-state index is 8.87. The van der Waals surface area contributed by atoms with Crippen LogP contribution in [0.25, 0.3) is 39.6 Å². The maximum atomic E-state index is 8.87. The summed E-state index contributed by atoms with van der Waals surface area (Å²) < 4.78 is 1.93. The van der Waals surface area contributed by atoms with Gasteiger partial charge < -0.3 is 5.73 Å². The van der Waals surface area contributed by atoms with E-state index in [9.17, 15) is 0 Å². The molecule has 1 aromatic carbocycles. The quantitative estimate of drug-likeness (QED) is 0.413. The number of rotatable bonds is 5. The molecule has 0 spiro atoms. The lowest BCUT2D eigenvalue weighted by Crippen LogP contribution is -2.02. The van der Waals surface area contributed by atoms with E-state index in [0.717, 1.165) is 11.3 Å². The topological polar surface area (TPSA) is 124 Å². The number of halogens is 1. The fourth-order valence-electron chi connectivity index (χ4n) is 3.42. The van der Waals surface area contributed by atoms with Gasteiger partial charge >= 0.3 is 0 Å². The summed E-state index contributed by atoms with van der Waals surface area (Å²) in [5.41, 5.74) is 11.2. The Labute approximate surface area is 187 Å². The summed E-state index contributed by atoms with van der Waals surface area (Å²) in [6, 6.07) is 17.3. The van der Waals surface area contributed by atoms with Crippen molar-refractivity contribution in [1.82, 2.24) is 34.5 Å². The second-order valence-corrected chi connectivity index (χ2v) is 7.23. The highest BCUT2D eigenvalue weighted by Crippen LogP contribution is 2.31. The van der Waals surface area contributed by atoms with Gasteiger partial charge in [-0.2, -0.15) is 20.3 Å². The molecule has 0 saturated carbocycles. The number of nitrogens with zero attached hydrogens (tertiary/aromatic N) is 8. The van der Waals surface area contributed by atoms with E-state index in [2.05, 4.69) is 15.2 Å². The Morgan fingerprint density at radius 2 is 1.88 bits per heavy atom. The Bertz CT molecular complexity index is 1460. The van der Waals surface area contributed by atoms with E-state index in [1.807, 2.05) is 59.2 Å². The van der Waals surface area contributed by atoms with Crippen molar-refractivity contribution >= 4 is 28.6 Å². The van der Waals surface area contributed by atoms with Gasteiger partial charge in [0.2, 0.25) is 0 Å². The van der Waals surface area contributed by atoms with Crippen molar-refractivity contribution in [3.63, 3.8) is 0 Å². The van der Waals surface area contributed by atoms with Crippen LogP contribution in [0.5, 0.6) is 0 Å². The zero-order chi connectivity index (χ0) is 22.1. The molecule has 4 heterocycles. The second kappa shape index (κ2) is 8.09. The molecule has 0 bridgehead atoms. The number of nitriles is 1. The molecule has 0 unspecified atom stereocenters. The first kappa shape index (κ1) is 19.7. The highest BCUT2D eigenvalue weighted by Gasteiger charge is 2.19. The van der Waals surface area contributed by atoms with Crippen molar-refractivity contribution in [3.8, 4) is 34.5 Å². The SMILES string of the molecule is N#CCn1ncc(-c2ccc3nc(-c4cccnc4N)n(-c4ccc(CCl)cc4)c3n2)n1. The van der Waals surface area contributed by atoms with Gasteiger partial charge in [0.25, 0.3) is 0 Å². The molecule has 4 aromatic heterocycles. The predicted octanol–water partition coefficient (Wildman–Crippen LogP) is 3.59. The minimum atomic E-state index is 0.0670. The summed E-state index contributed by atoms with van der Waals surface area (Å²) >= 11 is 5.97. The van der Waals surface area contributed by atoms with Crippen molar-refractivity contribution in [3.05, 3.63) is 66.5 Å². The van der Waals surface area contributed by atoms with Crippen LogP contribution in [0.15, 0.2) is 60.9 Å². The molecule has 10 heteroatoms. The van der Waals surface area contributed by atoms with Crippen molar-refractivity contribution in [2.75, 3.05) is 5.73 Å². The minimum Gasteiger partial charge on any atom is -0.383 e. The third kappa shape index (κ3) is 3.42. The number of anilines is 1. The van der Waals surface area contributed by atoms with Gasteiger partial charge in [-0.15, -0.1) is 11.6 Å². The number of imidazole rings is 1. The number of pyridine rings is 2. The van der Waals surface area contributed by atoms with Gasteiger partial charge in [-0.25, -0.2) is 15.0 Å². The standard InChI is InChI=1S/C22H16ClN9/c23-12-14-3-5-15(6-4-14)32-21(16-2-1-10-26-20(16)25)29-18-8-7-17(28-22(18)32)19-13-27-31(30-19)11-9-24/h1-8,10,13H,11-12H2,(H2,25,26). The number of benzene rings is 1. The lowest BCUT2D eigenvalue weighted by Gasteiger charge is -2.11. The third-order valence-corrected chi connectivity index (χ3v) is 5.25. The van der Waals surface area contributed by atoms with Crippen LogP contribution in [0.2, 0.25) is 0 Å². The minimum absolute atomic E-state index is 0.0670. The first-order valence-corrected chi connectivity index (χ1v) is 10.2. The predicted molar refractivity (Wildman–Crippen MR) is 121 cm³/mol. The molecule has 156 valence electrons. The first-order valence-electron chi connectivity index (χ1n) is 9.71. The van der Waals surface area contributed by atoms with Gasteiger partial charge in [0, 0.05) is 17.8 Å². The van der Waals surface area contributed by atoms with E-state index < -0.39 is 0 Å². The van der Waals surface area contributed by atoms with Gasteiger partial charge in [0.05, 0.1) is 23.5 Å². The monoisotopic (exact) mass is 441 g/mol. The number of hydrogen-bond acceptors (Lipinski definition) is 7. The van der Waals surface area contributed by atoms with Crippen molar-refractivity contribution in [2.24, 2.45) is 0 Å². The van der Waals surface area contributed by atoms with Gasteiger partial charge in [0.1, 0.15) is 23.6 Å². The van der Waals surface area contributed by atoms with E-state index in [1.165, 1.54) is 4.80 Å². The van der Waals surface area contributed by atoms with Gasteiger partial charge in [0.15, 0.2) is 11.5 Å². The smallest absolute Gasteiger partial charge is 0.165 e. The Kier molecular flexibility index (Phi) is 4.97. The van der Waals surface area contributed by atoms with E-state index in [-0.39, 0.29) is 6.54 Å². The highest BCUT2D eigenvalue weighted by atomic mass is 35.5. The number of fused-ring (bicyclic) bond motifs is 1. The summed E-state index contributed by atoms with van der Waals surface area (Å²) in [7, 11) is 0. The van der Waals surface area contributed by atoms with Crippen LogP contribution in [-0.4, -0.2) is 34.5 Å². The van der Waals surface area contributed by atoms with Crippen LogP contribution in [0.3, 0.4) is 0 Å².